The molecule has 0 saturated carbocycles. The molecule has 1 aromatic carbocycles. The molecular formula is C16H15Cl2N5O. The number of H-pyrrole nitrogens is 1. The molecule has 124 valence electrons. The molecule has 1 amide bonds. The molecule has 0 radical (unpaired) electrons. The van der Waals surface area contributed by atoms with E-state index in [-0.39, 0.29) is 11.8 Å². The summed E-state index contributed by atoms with van der Waals surface area (Å²) in [6.07, 6.45) is 1.98. The maximum Gasteiger partial charge on any atom is 0.224 e. The normalized spacial score (nSPS) is 17.7. The minimum Gasteiger partial charge on any atom is -0.357 e. The van der Waals surface area contributed by atoms with Crippen molar-refractivity contribution in [1.29, 1.82) is 0 Å². The number of hydrogen-bond donors (Lipinski definition) is 2. The molecule has 6 nitrogen and oxygen atoms in total. The number of hydrogen-bond acceptors (Lipinski definition) is 3. The van der Waals surface area contributed by atoms with Crippen LogP contribution < -0.4 is 5.32 Å². The largest absolute Gasteiger partial charge is 0.357 e. The number of halogens is 2. The first-order valence-electron chi connectivity index (χ1n) is 7.61. The molecule has 24 heavy (non-hydrogen) atoms. The Morgan fingerprint density at radius 1 is 1.38 bits per heavy atom. The smallest absolute Gasteiger partial charge is 0.224 e. The van der Waals surface area contributed by atoms with E-state index in [1.165, 1.54) is 4.80 Å². The molecule has 1 aliphatic rings. The molecule has 0 fully saturated rings. The van der Waals surface area contributed by atoms with Gasteiger partial charge < -0.3 is 10.3 Å². The van der Waals surface area contributed by atoms with Gasteiger partial charge in [0.2, 0.25) is 5.91 Å². The third kappa shape index (κ3) is 2.29. The Labute approximate surface area is 148 Å². The first-order chi connectivity index (χ1) is 11.5. The van der Waals surface area contributed by atoms with Gasteiger partial charge in [0.05, 0.1) is 28.2 Å². The number of carbonyl (C=O) groups is 1. The molecule has 0 bridgehead atoms. The van der Waals surface area contributed by atoms with Gasteiger partial charge in [-0.3, -0.25) is 4.79 Å². The molecule has 1 aliphatic heterocycles. The third-order valence-electron chi connectivity index (χ3n) is 4.42. The van der Waals surface area contributed by atoms with Crippen LogP contribution in [0.1, 0.15) is 24.1 Å². The van der Waals surface area contributed by atoms with Gasteiger partial charge in [-0.25, -0.2) is 0 Å². The first kappa shape index (κ1) is 15.5. The molecule has 3 aromatic rings. The van der Waals surface area contributed by atoms with E-state index >= 15 is 0 Å². The quantitative estimate of drug-likeness (QED) is 0.697. The zero-order valence-electron chi connectivity index (χ0n) is 13.2. The zero-order valence-corrected chi connectivity index (χ0v) is 14.7. The summed E-state index contributed by atoms with van der Waals surface area (Å²) < 4.78 is 0. The lowest BCUT2D eigenvalue weighted by atomic mass is 9.97. The lowest BCUT2D eigenvalue weighted by Gasteiger charge is -2.07. The Hall–Kier alpha value is -2.05. The molecule has 3 heterocycles. The standard InChI is InChI=1S/C16H15Cl2N5O/c1-7-5-19-12(24)4-9-13-8(11-6-20-23(2)22-11)3-10(17)14(18)16(13)21-15(7)9/h3,6-7,21H,4-5H2,1-2H3,(H,19,24)/t7-/m1/s1. The van der Waals surface area contributed by atoms with Crippen molar-refractivity contribution in [3.63, 3.8) is 0 Å². The van der Waals surface area contributed by atoms with Crippen LogP contribution in [0, 0.1) is 0 Å². The number of nitrogens with zero attached hydrogens (tertiary/aromatic N) is 3. The first-order valence-corrected chi connectivity index (χ1v) is 8.37. The summed E-state index contributed by atoms with van der Waals surface area (Å²) in [6.45, 7) is 2.65. The van der Waals surface area contributed by atoms with Crippen LogP contribution in [0.2, 0.25) is 10.0 Å². The van der Waals surface area contributed by atoms with E-state index in [4.69, 9.17) is 23.2 Å². The van der Waals surface area contributed by atoms with Crippen molar-refractivity contribution in [2.75, 3.05) is 6.54 Å². The fourth-order valence-corrected chi connectivity index (χ4v) is 3.67. The van der Waals surface area contributed by atoms with Crippen molar-refractivity contribution in [3.8, 4) is 11.3 Å². The van der Waals surface area contributed by atoms with Crippen molar-refractivity contribution < 1.29 is 4.79 Å². The molecule has 1 atom stereocenters. The van der Waals surface area contributed by atoms with Gasteiger partial charge in [0.25, 0.3) is 0 Å². The maximum absolute atomic E-state index is 12.1. The molecule has 0 unspecified atom stereocenters. The number of amides is 1. The minimum atomic E-state index is -0.00216. The van der Waals surface area contributed by atoms with Crippen LogP contribution in [0.4, 0.5) is 0 Å². The van der Waals surface area contributed by atoms with Crippen molar-refractivity contribution in [2.24, 2.45) is 7.05 Å². The Balaban J connectivity index is 2.10. The average molecular weight is 364 g/mol. The van der Waals surface area contributed by atoms with Gasteiger partial charge in [-0.15, -0.1) is 0 Å². The number of aromatic amines is 1. The lowest BCUT2D eigenvalue weighted by molar-refractivity contribution is -0.120. The van der Waals surface area contributed by atoms with E-state index in [0.29, 0.717) is 28.7 Å². The van der Waals surface area contributed by atoms with Gasteiger partial charge >= 0.3 is 0 Å². The molecule has 8 heteroatoms. The summed E-state index contributed by atoms with van der Waals surface area (Å²) in [7, 11) is 1.76. The highest BCUT2D eigenvalue weighted by atomic mass is 35.5. The van der Waals surface area contributed by atoms with Crippen LogP contribution in [0.3, 0.4) is 0 Å². The summed E-state index contributed by atoms with van der Waals surface area (Å²) in [5.74, 6) is 0.154. The fraction of sp³-hybridized carbons (Fsp3) is 0.312. The Bertz CT molecular complexity index is 975. The van der Waals surface area contributed by atoms with Crippen LogP contribution in [0.25, 0.3) is 22.2 Å². The number of aromatic nitrogens is 4. The van der Waals surface area contributed by atoms with Crippen molar-refractivity contribution in [2.45, 2.75) is 19.3 Å². The topological polar surface area (TPSA) is 75.6 Å². The Morgan fingerprint density at radius 2 is 2.17 bits per heavy atom. The fourth-order valence-electron chi connectivity index (χ4n) is 3.27. The van der Waals surface area contributed by atoms with Crippen LogP contribution >= 0.6 is 23.2 Å². The second-order valence-electron chi connectivity index (χ2n) is 6.09. The summed E-state index contributed by atoms with van der Waals surface area (Å²) in [6, 6.07) is 1.79. The zero-order chi connectivity index (χ0) is 17.0. The Morgan fingerprint density at radius 3 is 2.88 bits per heavy atom. The van der Waals surface area contributed by atoms with Crippen molar-refractivity contribution >= 4 is 40.0 Å². The summed E-state index contributed by atoms with van der Waals surface area (Å²) >= 11 is 12.8. The lowest BCUT2D eigenvalue weighted by Crippen LogP contribution is -2.25. The minimum absolute atomic E-state index is 0.00216. The average Bonchev–Trinajstić information content (AvgIpc) is 3.10. The number of nitrogens with one attached hydrogen (secondary N) is 2. The second-order valence-corrected chi connectivity index (χ2v) is 6.87. The highest BCUT2D eigenvalue weighted by molar-refractivity contribution is 6.45. The van der Waals surface area contributed by atoms with E-state index in [2.05, 4.69) is 27.4 Å². The molecule has 0 spiro atoms. The van der Waals surface area contributed by atoms with E-state index < -0.39 is 0 Å². The molecule has 2 aromatic heterocycles. The molecule has 4 rings (SSSR count). The van der Waals surface area contributed by atoms with Crippen LogP contribution in [-0.2, 0) is 18.3 Å². The van der Waals surface area contributed by atoms with Crippen molar-refractivity contribution in [1.82, 2.24) is 25.3 Å². The predicted octanol–water partition coefficient (Wildman–Crippen LogP) is 3.05. The number of aryl methyl sites for hydroxylation is 1. The van der Waals surface area contributed by atoms with Gasteiger partial charge in [0.15, 0.2) is 0 Å². The van der Waals surface area contributed by atoms with Crippen molar-refractivity contribution in [3.05, 3.63) is 33.6 Å². The van der Waals surface area contributed by atoms with Crippen LogP contribution in [-0.4, -0.2) is 32.4 Å². The molecule has 2 N–H and O–H groups in total. The maximum atomic E-state index is 12.1. The van der Waals surface area contributed by atoms with E-state index in [0.717, 1.165) is 27.7 Å². The van der Waals surface area contributed by atoms with Gasteiger partial charge in [0.1, 0.15) is 5.69 Å². The molecular weight excluding hydrogens is 349 g/mol. The van der Waals surface area contributed by atoms with Gasteiger partial charge in [-0.1, -0.05) is 30.1 Å². The van der Waals surface area contributed by atoms with E-state index in [9.17, 15) is 4.79 Å². The Kier molecular flexibility index (Phi) is 3.54. The van der Waals surface area contributed by atoms with Gasteiger partial charge in [-0.2, -0.15) is 15.0 Å². The monoisotopic (exact) mass is 363 g/mol. The highest BCUT2D eigenvalue weighted by Crippen LogP contribution is 2.42. The molecule has 0 saturated heterocycles. The number of benzene rings is 1. The van der Waals surface area contributed by atoms with Crippen LogP contribution in [0.15, 0.2) is 12.3 Å². The summed E-state index contributed by atoms with van der Waals surface area (Å²) in [4.78, 5) is 17.0. The van der Waals surface area contributed by atoms with Gasteiger partial charge in [0, 0.05) is 36.2 Å². The number of fused-ring (bicyclic) bond motifs is 3. The second kappa shape index (κ2) is 5.50. The predicted molar refractivity (Wildman–Crippen MR) is 93.4 cm³/mol. The van der Waals surface area contributed by atoms with E-state index in [1.807, 2.05) is 0 Å². The van der Waals surface area contributed by atoms with Crippen LogP contribution in [0.5, 0.6) is 0 Å². The summed E-state index contributed by atoms with van der Waals surface area (Å²) in [5.41, 5.74) is 4.23. The highest BCUT2D eigenvalue weighted by Gasteiger charge is 2.27. The number of carbonyl (C=O) groups excluding carboxylic acids is 1. The van der Waals surface area contributed by atoms with E-state index in [1.54, 1.807) is 19.3 Å². The SMILES string of the molecule is C[C@@H]1CNC(=O)Cc2c1[nH]c1c(Cl)c(Cl)cc(-c3cnn(C)n3)c21. The number of rotatable bonds is 1. The molecule has 0 aliphatic carbocycles. The third-order valence-corrected chi connectivity index (χ3v) is 5.20. The van der Waals surface area contributed by atoms with Gasteiger partial charge in [-0.05, 0) is 11.6 Å². The summed E-state index contributed by atoms with van der Waals surface area (Å²) in [5, 5.41) is 13.2.